The molecule has 0 bridgehead atoms. The highest BCUT2D eigenvalue weighted by Crippen LogP contribution is 2.35. The van der Waals surface area contributed by atoms with Gasteiger partial charge in [-0.15, -0.1) is 5.10 Å². The zero-order valence-electron chi connectivity index (χ0n) is 17.7. The second-order valence-electron chi connectivity index (χ2n) is 7.86. The van der Waals surface area contributed by atoms with Gasteiger partial charge >= 0.3 is 5.76 Å². The van der Waals surface area contributed by atoms with E-state index in [-0.39, 0.29) is 11.7 Å². The van der Waals surface area contributed by atoms with E-state index >= 15 is 0 Å². The van der Waals surface area contributed by atoms with E-state index in [4.69, 9.17) is 14.1 Å². The molecule has 1 aliphatic heterocycles. The van der Waals surface area contributed by atoms with Crippen LogP contribution in [0.15, 0.2) is 51.8 Å². The summed E-state index contributed by atoms with van der Waals surface area (Å²) in [5.74, 6) is -0.0791. The van der Waals surface area contributed by atoms with E-state index in [9.17, 15) is 9.18 Å². The van der Waals surface area contributed by atoms with Gasteiger partial charge in [-0.2, -0.15) is 0 Å². The van der Waals surface area contributed by atoms with Crippen LogP contribution in [-0.4, -0.2) is 51.0 Å². The number of halogens is 1. The first-order chi connectivity index (χ1) is 16.1. The molecule has 1 aliphatic rings. The number of fused-ring (bicyclic) bond motifs is 2. The van der Waals surface area contributed by atoms with Crippen LogP contribution in [0, 0.1) is 12.7 Å². The summed E-state index contributed by atoms with van der Waals surface area (Å²) in [6.45, 7) is 4.63. The number of nitrogens with zero attached hydrogens (tertiary/aromatic N) is 5. The Bertz CT molecular complexity index is 1560. The number of ether oxygens (including phenoxy) is 1. The lowest BCUT2D eigenvalue weighted by Crippen LogP contribution is -2.36. The smallest absolute Gasteiger partial charge is 0.388 e. The lowest BCUT2D eigenvalue weighted by molar-refractivity contribution is 0.122. The van der Waals surface area contributed by atoms with Crippen molar-refractivity contribution in [2.75, 3.05) is 31.2 Å². The molecule has 2 aromatic carbocycles. The highest BCUT2D eigenvalue weighted by Gasteiger charge is 2.22. The molecule has 10 heteroatoms. The number of aromatic amines is 1. The van der Waals surface area contributed by atoms with Crippen LogP contribution in [0.3, 0.4) is 0 Å². The minimum absolute atomic E-state index is 0.173. The largest absolute Gasteiger partial charge is 0.434 e. The van der Waals surface area contributed by atoms with Gasteiger partial charge in [0.15, 0.2) is 0 Å². The molecule has 6 rings (SSSR count). The molecule has 0 amide bonds. The Morgan fingerprint density at radius 2 is 1.97 bits per heavy atom. The van der Waals surface area contributed by atoms with Gasteiger partial charge in [-0.25, -0.2) is 19.3 Å². The second-order valence-corrected chi connectivity index (χ2v) is 7.86. The zero-order chi connectivity index (χ0) is 22.5. The fourth-order valence-corrected chi connectivity index (χ4v) is 4.40. The van der Waals surface area contributed by atoms with Gasteiger partial charge in [0, 0.05) is 36.4 Å². The van der Waals surface area contributed by atoms with E-state index in [0.717, 1.165) is 41.2 Å². The molecule has 0 saturated carbocycles. The SMILES string of the molecule is Cc1nc2c(-c3n[nH]c(=O)o3)cc(N3CCOCC3)cc2n1-c1ccnc2cc(F)ccc12. The third-order valence-corrected chi connectivity index (χ3v) is 5.88. The summed E-state index contributed by atoms with van der Waals surface area (Å²) in [5, 5.41) is 7.17. The van der Waals surface area contributed by atoms with Crippen molar-refractivity contribution in [3.8, 4) is 17.1 Å². The Hall–Kier alpha value is -4.05. The van der Waals surface area contributed by atoms with Crippen LogP contribution in [-0.2, 0) is 4.74 Å². The highest BCUT2D eigenvalue weighted by molar-refractivity contribution is 5.97. The maximum Gasteiger partial charge on any atom is 0.434 e. The lowest BCUT2D eigenvalue weighted by Gasteiger charge is -2.29. The summed E-state index contributed by atoms with van der Waals surface area (Å²) in [6, 6.07) is 10.4. The number of hydrogen-bond donors (Lipinski definition) is 1. The Morgan fingerprint density at radius 3 is 2.76 bits per heavy atom. The number of pyridine rings is 1. The predicted octanol–water partition coefficient (Wildman–Crippen LogP) is 3.20. The van der Waals surface area contributed by atoms with Gasteiger partial charge in [0.05, 0.1) is 35.5 Å². The van der Waals surface area contributed by atoms with Gasteiger partial charge in [0.25, 0.3) is 5.89 Å². The van der Waals surface area contributed by atoms with Crippen LogP contribution in [0.4, 0.5) is 10.1 Å². The summed E-state index contributed by atoms with van der Waals surface area (Å²) in [7, 11) is 0. The van der Waals surface area contributed by atoms with Crippen LogP contribution < -0.4 is 10.7 Å². The molecule has 3 aromatic heterocycles. The van der Waals surface area contributed by atoms with Crippen LogP contribution in [0.25, 0.3) is 39.1 Å². The Morgan fingerprint density at radius 1 is 1.12 bits per heavy atom. The van der Waals surface area contributed by atoms with E-state index in [1.165, 1.54) is 12.1 Å². The number of hydrogen-bond acceptors (Lipinski definition) is 7. The van der Waals surface area contributed by atoms with Gasteiger partial charge < -0.3 is 14.1 Å². The fourth-order valence-electron chi connectivity index (χ4n) is 4.40. The minimum atomic E-state index is -0.631. The molecule has 0 unspecified atom stereocenters. The third-order valence-electron chi connectivity index (χ3n) is 5.88. The van der Waals surface area contributed by atoms with Gasteiger partial charge in [-0.3, -0.25) is 9.55 Å². The Labute approximate surface area is 186 Å². The average Bonchev–Trinajstić information content (AvgIpc) is 3.40. The van der Waals surface area contributed by atoms with Gasteiger partial charge in [0.1, 0.15) is 17.2 Å². The molecule has 0 spiro atoms. The fraction of sp³-hybridized carbons (Fsp3) is 0.217. The number of morpholine rings is 1. The number of benzene rings is 2. The molecule has 1 N–H and O–H groups in total. The van der Waals surface area contributed by atoms with E-state index < -0.39 is 5.76 Å². The van der Waals surface area contributed by atoms with Gasteiger partial charge in [-0.1, -0.05) is 0 Å². The Kier molecular flexibility index (Phi) is 4.47. The first-order valence-corrected chi connectivity index (χ1v) is 10.5. The molecule has 9 nitrogen and oxygen atoms in total. The summed E-state index contributed by atoms with van der Waals surface area (Å²) in [6.07, 6.45) is 1.65. The summed E-state index contributed by atoms with van der Waals surface area (Å²) in [5.41, 5.74) is 4.39. The maximum absolute atomic E-state index is 13.8. The lowest BCUT2D eigenvalue weighted by atomic mass is 10.1. The zero-order valence-corrected chi connectivity index (χ0v) is 17.7. The van der Waals surface area contributed by atoms with Crippen molar-refractivity contribution in [1.29, 1.82) is 0 Å². The number of anilines is 1. The highest BCUT2D eigenvalue weighted by atomic mass is 19.1. The van der Waals surface area contributed by atoms with Crippen molar-refractivity contribution in [3.63, 3.8) is 0 Å². The van der Waals surface area contributed by atoms with Crippen molar-refractivity contribution in [3.05, 3.63) is 64.8 Å². The second kappa shape index (κ2) is 7.52. The van der Waals surface area contributed by atoms with Gasteiger partial charge in [-0.05, 0) is 37.3 Å². The summed E-state index contributed by atoms with van der Waals surface area (Å²) < 4.78 is 26.6. The van der Waals surface area contributed by atoms with E-state index in [2.05, 4.69) is 26.1 Å². The molecule has 0 aliphatic carbocycles. The molecular formula is C23H19FN6O3. The summed E-state index contributed by atoms with van der Waals surface area (Å²) in [4.78, 5) is 23.0. The normalized spacial score (nSPS) is 14.4. The number of nitrogens with one attached hydrogen (secondary N) is 1. The van der Waals surface area contributed by atoms with E-state index in [1.54, 1.807) is 12.3 Å². The van der Waals surface area contributed by atoms with Gasteiger partial charge in [0.2, 0.25) is 0 Å². The van der Waals surface area contributed by atoms with Crippen molar-refractivity contribution >= 4 is 27.6 Å². The summed E-state index contributed by atoms with van der Waals surface area (Å²) >= 11 is 0. The topological polar surface area (TPSA) is 102 Å². The number of aromatic nitrogens is 5. The standard InChI is InChI=1S/C23H19FN6O3/c1-13-26-21-17(22-27-28-23(31)33-22)11-15(29-6-8-32-9-7-29)12-20(21)30(13)19-4-5-25-18-10-14(24)2-3-16(18)19/h2-5,10-12H,6-9H2,1H3,(H,28,31). The van der Waals surface area contributed by atoms with Crippen molar-refractivity contribution in [1.82, 2.24) is 24.7 Å². The van der Waals surface area contributed by atoms with Crippen LogP contribution in [0.1, 0.15) is 5.82 Å². The number of aryl methyl sites for hydroxylation is 1. The minimum Gasteiger partial charge on any atom is -0.388 e. The third kappa shape index (κ3) is 3.26. The molecule has 0 atom stereocenters. The average molecular weight is 446 g/mol. The Balaban J connectivity index is 1.66. The molecule has 4 heterocycles. The van der Waals surface area contributed by atoms with E-state index in [0.29, 0.717) is 29.8 Å². The molecule has 5 aromatic rings. The van der Waals surface area contributed by atoms with Crippen LogP contribution >= 0.6 is 0 Å². The molecular weight excluding hydrogens is 427 g/mol. The van der Waals surface area contributed by atoms with Crippen molar-refractivity contribution < 1.29 is 13.5 Å². The number of rotatable bonds is 3. The van der Waals surface area contributed by atoms with Crippen molar-refractivity contribution in [2.24, 2.45) is 0 Å². The first-order valence-electron chi connectivity index (χ1n) is 10.5. The molecule has 1 fully saturated rings. The van der Waals surface area contributed by atoms with Crippen LogP contribution in [0.5, 0.6) is 0 Å². The number of H-pyrrole nitrogens is 1. The maximum atomic E-state index is 13.8. The molecule has 166 valence electrons. The van der Waals surface area contributed by atoms with Crippen LogP contribution in [0.2, 0.25) is 0 Å². The predicted molar refractivity (Wildman–Crippen MR) is 120 cm³/mol. The number of imidazole rings is 1. The molecule has 1 saturated heterocycles. The quantitative estimate of drug-likeness (QED) is 0.454. The van der Waals surface area contributed by atoms with Crippen molar-refractivity contribution in [2.45, 2.75) is 6.92 Å². The molecule has 0 radical (unpaired) electrons. The molecule has 33 heavy (non-hydrogen) atoms. The first kappa shape index (κ1) is 19.6. The monoisotopic (exact) mass is 446 g/mol. The van der Waals surface area contributed by atoms with E-state index in [1.807, 2.05) is 23.6 Å².